The summed E-state index contributed by atoms with van der Waals surface area (Å²) in [6.07, 6.45) is -2.28. The summed E-state index contributed by atoms with van der Waals surface area (Å²) in [4.78, 5) is 2.36. The van der Waals surface area contributed by atoms with Gasteiger partial charge in [-0.05, 0) is 24.5 Å². The van der Waals surface area contributed by atoms with Crippen LogP contribution in [0.4, 0.5) is 13.2 Å². The standard InChI is InChI=1S/C18H27F3N2O/c1-4-5-13(2)17(23-10-8-22-9-11-23)15-7-6-14(18(19,20)21)12-16(15)24-3/h6-7,12-13,17,22H,4-5,8-11H2,1-3H3/t13?,17-/m1/s1. The van der Waals surface area contributed by atoms with Crippen LogP contribution < -0.4 is 10.1 Å². The first kappa shape index (κ1) is 19.1. The minimum absolute atomic E-state index is 0.0734. The zero-order valence-corrected chi connectivity index (χ0v) is 14.6. The fourth-order valence-electron chi connectivity index (χ4n) is 3.57. The fourth-order valence-corrected chi connectivity index (χ4v) is 3.57. The van der Waals surface area contributed by atoms with Crippen LogP contribution >= 0.6 is 0 Å². The number of rotatable bonds is 6. The highest BCUT2D eigenvalue weighted by Crippen LogP contribution is 2.40. The summed E-state index contributed by atoms with van der Waals surface area (Å²) in [5, 5.41) is 3.33. The lowest BCUT2D eigenvalue weighted by atomic mass is 9.88. The van der Waals surface area contributed by atoms with Gasteiger partial charge < -0.3 is 10.1 Å². The molecule has 0 saturated carbocycles. The molecule has 24 heavy (non-hydrogen) atoms. The lowest BCUT2D eigenvalue weighted by Crippen LogP contribution is -2.46. The van der Waals surface area contributed by atoms with Crippen LogP contribution in [0.5, 0.6) is 5.75 Å². The molecule has 1 N–H and O–H groups in total. The van der Waals surface area contributed by atoms with Gasteiger partial charge in [0.05, 0.1) is 12.7 Å². The SMILES string of the molecule is CCCC(C)[C@H](c1ccc(C(F)(F)F)cc1OC)N1CCNCC1. The quantitative estimate of drug-likeness (QED) is 0.841. The van der Waals surface area contributed by atoms with Gasteiger partial charge in [0.1, 0.15) is 5.75 Å². The number of methoxy groups -OCH3 is 1. The Balaban J connectivity index is 2.40. The van der Waals surface area contributed by atoms with Gasteiger partial charge in [0.25, 0.3) is 0 Å². The molecular weight excluding hydrogens is 317 g/mol. The Kier molecular flexibility index (Phi) is 6.52. The fraction of sp³-hybridized carbons (Fsp3) is 0.667. The molecule has 1 aromatic rings. The number of halogens is 3. The number of hydrogen-bond acceptors (Lipinski definition) is 3. The van der Waals surface area contributed by atoms with Crippen LogP contribution in [0.1, 0.15) is 43.9 Å². The number of ether oxygens (including phenoxy) is 1. The predicted molar refractivity (Wildman–Crippen MR) is 89.3 cm³/mol. The van der Waals surface area contributed by atoms with Crippen molar-refractivity contribution >= 4 is 0 Å². The molecule has 1 fully saturated rings. The number of benzene rings is 1. The summed E-state index contributed by atoms with van der Waals surface area (Å²) in [7, 11) is 1.44. The third kappa shape index (κ3) is 4.42. The molecule has 1 aliphatic rings. The lowest BCUT2D eigenvalue weighted by molar-refractivity contribution is -0.137. The first-order chi connectivity index (χ1) is 11.4. The van der Waals surface area contributed by atoms with Gasteiger partial charge in [-0.2, -0.15) is 13.2 Å². The molecule has 0 aromatic heterocycles. The highest BCUT2D eigenvalue weighted by atomic mass is 19.4. The molecule has 1 aliphatic heterocycles. The van der Waals surface area contributed by atoms with Crippen molar-refractivity contribution in [1.29, 1.82) is 0 Å². The van der Waals surface area contributed by atoms with Crippen molar-refractivity contribution < 1.29 is 17.9 Å². The van der Waals surface area contributed by atoms with Crippen molar-refractivity contribution in [3.63, 3.8) is 0 Å². The average Bonchev–Trinajstić information content (AvgIpc) is 2.55. The molecule has 1 saturated heterocycles. The number of nitrogens with zero attached hydrogens (tertiary/aromatic N) is 1. The molecule has 1 unspecified atom stereocenters. The van der Waals surface area contributed by atoms with Crippen LogP contribution in [0.3, 0.4) is 0 Å². The highest BCUT2D eigenvalue weighted by molar-refractivity contribution is 5.41. The highest BCUT2D eigenvalue weighted by Gasteiger charge is 2.34. The van der Waals surface area contributed by atoms with Crippen LogP contribution in [-0.2, 0) is 6.18 Å². The zero-order valence-electron chi connectivity index (χ0n) is 14.6. The summed E-state index contributed by atoms with van der Waals surface area (Å²) in [6, 6.07) is 3.97. The van der Waals surface area contributed by atoms with E-state index in [-0.39, 0.29) is 6.04 Å². The molecule has 6 heteroatoms. The van der Waals surface area contributed by atoms with Gasteiger partial charge in [-0.25, -0.2) is 0 Å². The van der Waals surface area contributed by atoms with E-state index in [0.717, 1.165) is 50.7 Å². The van der Waals surface area contributed by atoms with Crippen molar-refractivity contribution in [1.82, 2.24) is 10.2 Å². The van der Waals surface area contributed by atoms with Gasteiger partial charge in [0.2, 0.25) is 0 Å². The average molecular weight is 344 g/mol. The Bertz CT molecular complexity index is 527. The van der Waals surface area contributed by atoms with E-state index in [9.17, 15) is 13.2 Å². The minimum Gasteiger partial charge on any atom is -0.496 e. The second kappa shape index (κ2) is 8.21. The molecule has 0 aliphatic carbocycles. The third-order valence-corrected chi connectivity index (χ3v) is 4.71. The summed E-state index contributed by atoms with van der Waals surface area (Å²) in [6.45, 7) is 7.89. The third-order valence-electron chi connectivity index (χ3n) is 4.71. The van der Waals surface area contributed by atoms with Crippen LogP contribution in [0.2, 0.25) is 0 Å². The molecule has 1 aromatic carbocycles. The molecule has 3 nitrogen and oxygen atoms in total. The number of hydrogen-bond donors (Lipinski definition) is 1. The molecule has 0 amide bonds. The van der Waals surface area contributed by atoms with Gasteiger partial charge in [-0.3, -0.25) is 4.90 Å². The molecule has 0 radical (unpaired) electrons. The molecule has 2 rings (SSSR count). The van der Waals surface area contributed by atoms with Crippen molar-refractivity contribution in [2.45, 2.75) is 38.9 Å². The largest absolute Gasteiger partial charge is 0.496 e. The van der Waals surface area contributed by atoms with E-state index in [1.807, 2.05) is 0 Å². The van der Waals surface area contributed by atoms with Crippen molar-refractivity contribution in [2.24, 2.45) is 5.92 Å². The van der Waals surface area contributed by atoms with Crippen LogP contribution in [0.25, 0.3) is 0 Å². The van der Waals surface area contributed by atoms with Crippen molar-refractivity contribution in [3.8, 4) is 5.75 Å². The van der Waals surface area contributed by atoms with E-state index in [2.05, 4.69) is 24.1 Å². The van der Waals surface area contributed by atoms with E-state index < -0.39 is 11.7 Å². The Labute approximate surface area is 142 Å². The van der Waals surface area contributed by atoms with Gasteiger partial charge in [-0.1, -0.05) is 26.3 Å². The summed E-state index contributed by atoms with van der Waals surface area (Å²) in [5.74, 6) is 0.676. The topological polar surface area (TPSA) is 24.5 Å². The van der Waals surface area contributed by atoms with Gasteiger partial charge in [0.15, 0.2) is 0 Å². The van der Waals surface area contributed by atoms with Crippen LogP contribution in [0.15, 0.2) is 18.2 Å². The molecule has 136 valence electrons. The first-order valence-corrected chi connectivity index (χ1v) is 8.58. The number of nitrogens with one attached hydrogen (secondary N) is 1. The van der Waals surface area contributed by atoms with Crippen LogP contribution in [0, 0.1) is 5.92 Å². The maximum absolute atomic E-state index is 13.0. The summed E-state index contributed by atoms with van der Waals surface area (Å²) < 4.78 is 44.3. The Morgan fingerprint density at radius 2 is 1.92 bits per heavy atom. The Hall–Kier alpha value is -1.27. The van der Waals surface area contributed by atoms with Gasteiger partial charge >= 0.3 is 6.18 Å². The normalized spacial score (nSPS) is 19.1. The molecule has 0 spiro atoms. The molecule has 0 bridgehead atoms. The second-order valence-electron chi connectivity index (χ2n) is 6.45. The second-order valence-corrected chi connectivity index (χ2v) is 6.45. The summed E-state index contributed by atoms with van der Waals surface area (Å²) in [5.41, 5.74) is 0.193. The number of piperazine rings is 1. The zero-order chi connectivity index (χ0) is 17.7. The van der Waals surface area contributed by atoms with E-state index in [4.69, 9.17) is 4.74 Å². The molecule has 1 heterocycles. The minimum atomic E-state index is -4.36. The number of alkyl halides is 3. The maximum Gasteiger partial charge on any atom is 0.416 e. The van der Waals surface area contributed by atoms with Crippen molar-refractivity contribution in [3.05, 3.63) is 29.3 Å². The summed E-state index contributed by atoms with van der Waals surface area (Å²) >= 11 is 0. The van der Waals surface area contributed by atoms with E-state index in [0.29, 0.717) is 11.7 Å². The smallest absolute Gasteiger partial charge is 0.416 e. The van der Waals surface area contributed by atoms with Crippen molar-refractivity contribution in [2.75, 3.05) is 33.3 Å². The van der Waals surface area contributed by atoms with Crippen LogP contribution in [-0.4, -0.2) is 38.2 Å². The molecule has 2 atom stereocenters. The Morgan fingerprint density at radius 3 is 2.46 bits per heavy atom. The van der Waals surface area contributed by atoms with E-state index in [1.54, 1.807) is 6.07 Å². The van der Waals surface area contributed by atoms with Gasteiger partial charge in [0, 0.05) is 37.8 Å². The van der Waals surface area contributed by atoms with E-state index >= 15 is 0 Å². The first-order valence-electron chi connectivity index (χ1n) is 8.58. The Morgan fingerprint density at radius 1 is 1.25 bits per heavy atom. The van der Waals surface area contributed by atoms with E-state index in [1.165, 1.54) is 13.2 Å². The predicted octanol–water partition coefficient (Wildman–Crippen LogP) is 4.10. The van der Waals surface area contributed by atoms with Gasteiger partial charge in [-0.15, -0.1) is 0 Å². The monoisotopic (exact) mass is 344 g/mol. The lowest BCUT2D eigenvalue weighted by Gasteiger charge is -2.39. The molecular formula is C18H27F3N2O. The maximum atomic E-state index is 13.0.